The van der Waals surface area contributed by atoms with Gasteiger partial charge in [0.1, 0.15) is 11.4 Å². The molecule has 0 saturated carbocycles. The van der Waals surface area contributed by atoms with Gasteiger partial charge in [-0.1, -0.05) is 29.8 Å². The van der Waals surface area contributed by atoms with E-state index in [4.69, 9.17) is 11.6 Å². The van der Waals surface area contributed by atoms with Crippen LogP contribution in [0.3, 0.4) is 0 Å². The normalized spacial score (nSPS) is 11.1. The zero-order valence-electron chi connectivity index (χ0n) is 14.9. The molecule has 0 aliphatic heterocycles. The van der Waals surface area contributed by atoms with E-state index in [0.717, 1.165) is 16.0 Å². The fraction of sp³-hybridized carbons (Fsp3) is 0.150. The lowest BCUT2D eigenvalue weighted by atomic mass is 10.2. The number of benzene rings is 1. The number of fused-ring (bicyclic) bond motifs is 1. The van der Waals surface area contributed by atoms with Crippen LogP contribution in [0.5, 0.6) is 0 Å². The number of halogens is 1. The first-order valence-corrected chi connectivity index (χ1v) is 10.6. The van der Waals surface area contributed by atoms with Crippen LogP contribution < -0.4 is 10.9 Å². The van der Waals surface area contributed by atoms with Crippen LogP contribution in [0.25, 0.3) is 20.7 Å². The standard InChI is InChI=1S/C20H16ClN3O2S2/c1-12-6-7-16(28-12)14-10-27-19-18(14)20(26)24(11-23-19)9-17(25)22-8-13-4-2-3-5-15(13)21/h2-7,10-11H,8-9H2,1H3,(H,22,25). The number of aryl methyl sites for hydroxylation is 1. The summed E-state index contributed by atoms with van der Waals surface area (Å²) < 4.78 is 1.35. The van der Waals surface area contributed by atoms with Crippen LogP contribution in [0.15, 0.2) is 52.9 Å². The Hall–Kier alpha value is -2.48. The third kappa shape index (κ3) is 3.73. The van der Waals surface area contributed by atoms with E-state index in [2.05, 4.69) is 10.3 Å². The highest BCUT2D eigenvalue weighted by atomic mass is 35.5. The molecule has 0 aliphatic carbocycles. The monoisotopic (exact) mass is 429 g/mol. The van der Waals surface area contributed by atoms with E-state index in [0.29, 0.717) is 21.8 Å². The van der Waals surface area contributed by atoms with E-state index >= 15 is 0 Å². The lowest BCUT2D eigenvalue weighted by Gasteiger charge is -2.08. The number of thiophene rings is 2. The van der Waals surface area contributed by atoms with Gasteiger partial charge in [-0.2, -0.15) is 0 Å². The smallest absolute Gasteiger partial charge is 0.263 e. The average molecular weight is 430 g/mol. The summed E-state index contributed by atoms with van der Waals surface area (Å²) in [6.07, 6.45) is 1.43. The van der Waals surface area contributed by atoms with E-state index in [-0.39, 0.29) is 18.0 Å². The van der Waals surface area contributed by atoms with Crippen molar-refractivity contribution in [1.29, 1.82) is 0 Å². The molecule has 0 spiro atoms. The maximum absolute atomic E-state index is 13.0. The van der Waals surface area contributed by atoms with Crippen molar-refractivity contribution in [3.8, 4) is 10.4 Å². The summed E-state index contributed by atoms with van der Waals surface area (Å²) in [5.41, 5.74) is 1.49. The highest BCUT2D eigenvalue weighted by molar-refractivity contribution is 7.19. The Labute approximate surface area is 174 Å². The lowest BCUT2D eigenvalue weighted by Crippen LogP contribution is -2.32. The van der Waals surface area contributed by atoms with Gasteiger partial charge in [-0.05, 0) is 30.7 Å². The van der Waals surface area contributed by atoms with Crippen LogP contribution in [-0.2, 0) is 17.9 Å². The second kappa shape index (κ2) is 7.87. The maximum atomic E-state index is 13.0. The topological polar surface area (TPSA) is 64.0 Å². The number of nitrogens with one attached hydrogen (secondary N) is 1. The van der Waals surface area contributed by atoms with E-state index in [1.54, 1.807) is 17.4 Å². The molecule has 0 aliphatic rings. The molecule has 4 rings (SSSR count). The molecule has 1 amide bonds. The molecular formula is C20H16ClN3O2S2. The summed E-state index contributed by atoms with van der Waals surface area (Å²) >= 11 is 9.18. The van der Waals surface area contributed by atoms with Crippen LogP contribution in [0.1, 0.15) is 10.4 Å². The van der Waals surface area contributed by atoms with Crippen molar-refractivity contribution >= 4 is 50.4 Å². The third-order valence-electron chi connectivity index (χ3n) is 4.31. The van der Waals surface area contributed by atoms with Gasteiger partial charge < -0.3 is 5.32 Å². The predicted molar refractivity (Wildman–Crippen MR) is 115 cm³/mol. The summed E-state index contributed by atoms with van der Waals surface area (Å²) in [5.74, 6) is -0.271. The minimum atomic E-state index is -0.271. The first-order chi connectivity index (χ1) is 13.5. The molecule has 4 aromatic rings. The number of carbonyl (C=O) groups is 1. The molecule has 0 atom stereocenters. The summed E-state index contributed by atoms with van der Waals surface area (Å²) in [7, 11) is 0. The number of carbonyl (C=O) groups excluding carboxylic acids is 1. The molecule has 1 aromatic carbocycles. The Morgan fingerprint density at radius 2 is 2.07 bits per heavy atom. The zero-order valence-corrected chi connectivity index (χ0v) is 17.3. The van der Waals surface area contributed by atoms with Crippen molar-refractivity contribution in [2.45, 2.75) is 20.0 Å². The number of hydrogen-bond acceptors (Lipinski definition) is 5. The number of nitrogens with zero attached hydrogens (tertiary/aromatic N) is 2. The van der Waals surface area contributed by atoms with Gasteiger partial charge in [0.2, 0.25) is 5.91 Å². The molecule has 0 fully saturated rings. The van der Waals surface area contributed by atoms with Gasteiger partial charge in [0, 0.05) is 32.3 Å². The van der Waals surface area contributed by atoms with Gasteiger partial charge in [-0.15, -0.1) is 22.7 Å². The predicted octanol–water partition coefficient (Wildman–Crippen LogP) is 4.46. The molecule has 3 heterocycles. The van der Waals surface area contributed by atoms with E-state index in [1.165, 1.54) is 27.1 Å². The number of hydrogen-bond donors (Lipinski definition) is 1. The van der Waals surface area contributed by atoms with Crippen LogP contribution >= 0.6 is 34.3 Å². The Balaban J connectivity index is 1.57. The molecule has 8 heteroatoms. The summed E-state index contributed by atoms with van der Waals surface area (Å²) in [6.45, 7) is 2.24. The SMILES string of the molecule is Cc1ccc(-c2csc3ncn(CC(=O)NCc4ccccc4Cl)c(=O)c23)s1. The highest BCUT2D eigenvalue weighted by Gasteiger charge is 2.15. The molecule has 0 radical (unpaired) electrons. The molecule has 0 unspecified atom stereocenters. The fourth-order valence-corrected chi connectivity index (χ4v) is 4.95. The summed E-state index contributed by atoms with van der Waals surface area (Å²) in [4.78, 5) is 32.6. The lowest BCUT2D eigenvalue weighted by molar-refractivity contribution is -0.121. The Kier molecular flexibility index (Phi) is 5.30. The van der Waals surface area contributed by atoms with Crippen molar-refractivity contribution in [3.63, 3.8) is 0 Å². The van der Waals surface area contributed by atoms with Crippen LogP contribution in [0.2, 0.25) is 5.02 Å². The molecule has 28 heavy (non-hydrogen) atoms. The maximum Gasteiger partial charge on any atom is 0.263 e. The number of amides is 1. The second-order valence-corrected chi connectivity index (χ2v) is 8.84. The minimum Gasteiger partial charge on any atom is -0.350 e. The molecule has 1 N–H and O–H groups in total. The van der Waals surface area contributed by atoms with Crippen molar-refractivity contribution in [1.82, 2.24) is 14.9 Å². The Morgan fingerprint density at radius 1 is 1.25 bits per heavy atom. The quantitative estimate of drug-likeness (QED) is 0.509. The van der Waals surface area contributed by atoms with Crippen molar-refractivity contribution < 1.29 is 4.79 Å². The third-order valence-corrected chi connectivity index (χ3v) is 6.60. The van der Waals surface area contributed by atoms with Gasteiger partial charge >= 0.3 is 0 Å². The molecular weight excluding hydrogens is 414 g/mol. The molecule has 142 valence electrons. The van der Waals surface area contributed by atoms with Gasteiger partial charge in [0.15, 0.2) is 0 Å². The van der Waals surface area contributed by atoms with Crippen molar-refractivity contribution in [2.75, 3.05) is 0 Å². The van der Waals surface area contributed by atoms with E-state index < -0.39 is 0 Å². The fourth-order valence-electron chi connectivity index (χ4n) is 2.89. The summed E-state index contributed by atoms with van der Waals surface area (Å²) in [6, 6.07) is 11.4. The van der Waals surface area contributed by atoms with Crippen LogP contribution in [0.4, 0.5) is 0 Å². The minimum absolute atomic E-state index is 0.0923. The first-order valence-electron chi connectivity index (χ1n) is 8.56. The van der Waals surface area contributed by atoms with Gasteiger partial charge in [0.05, 0.1) is 11.7 Å². The van der Waals surface area contributed by atoms with Crippen molar-refractivity contribution in [3.05, 3.63) is 73.9 Å². The van der Waals surface area contributed by atoms with Crippen LogP contribution in [0, 0.1) is 6.92 Å². The highest BCUT2D eigenvalue weighted by Crippen LogP contribution is 2.34. The van der Waals surface area contributed by atoms with Gasteiger partial charge in [0.25, 0.3) is 5.56 Å². The number of rotatable bonds is 5. The Morgan fingerprint density at radius 3 is 2.82 bits per heavy atom. The molecule has 3 aromatic heterocycles. The number of aromatic nitrogens is 2. The zero-order chi connectivity index (χ0) is 19.7. The largest absolute Gasteiger partial charge is 0.350 e. The molecule has 0 bridgehead atoms. The molecule has 5 nitrogen and oxygen atoms in total. The van der Waals surface area contributed by atoms with Gasteiger partial charge in [-0.3, -0.25) is 14.2 Å². The van der Waals surface area contributed by atoms with Crippen LogP contribution in [-0.4, -0.2) is 15.5 Å². The second-order valence-electron chi connectivity index (χ2n) is 6.29. The molecule has 0 saturated heterocycles. The van der Waals surface area contributed by atoms with E-state index in [9.17, 15) is 9.59 Å². The summed E-state index contributed by atoms with van der Waals surface area (Å²) in [5, 5.41) is 5.91. The van der Waals surface area contributed by atoms with E-state index in [1.807, 2.05) is 42.6 Å². The van der Waals surface area contributed by atoms with Crippen molar-refractivity contribution in [2.24, 2.45) is 0 Å². The van der Waals surface area contributed by atoms with Gasteiger partial charge in [-0.25, -0.2) is 4.98 Å². The Bertz CT molecular complexity index is 1230. The average Bonchev–Trinajstić information content (AvgIpc) is 3.30. The first kappa shape index (κ1) is 18.9.